The van der Waals surface area contributed by atoms with Crippen LogP contribution >= 0.6 is 11.8 Å². The molecule has 0 rings (SSSR count). The molecule has 0 aliphatic heterocycles. The van der Waals surface area contributed by atoms with Gasteiger partial charge in [0.05, 0.1) is 6.04 Å². The molecule has 46 valence electrons. The van der Waals surface area contributed by atoms with E-state index in [4.69, 9.17) is 5.73 Å². The Morgan fingerprint density at radius 1 is 1.88 bits per heavy atom. The monoisotopic (exact) mass is 131 g/mol. The van der Waals surface area contributed by atoms with Crippen molar-refractivity contribution in [2.24, 2.45) is 0 Å². The van der Waals surface area contributed by atoms with Crippen molar-refractivity contribution in [3.8, 4) is 0 Å². The third-order valence-corrected chi connectivity index (χ3v) is 1.40. The normalized spacial score (nSPS) is 13.2. The third-order valence-electron chi connectivity index (χ3n) is 0.753. The number of carbonyl (C=O) groups excluding carboxylic acids is 1. The molecule has 2 nitrogen and oxygen atoms in total. The second-order valence-corrected chi connectivity index (χ2v) is 2.44. The van der Waals surface area contributed by atoms with Gasteiger partial charge < -0.3 is 0 Å². The number of hydrogen-bond donors (Lipinski definition) is 0. The molecule has 3 heteroatoms. The number of nitrogens with one attached hydrogen (secondary N) is 1. The van der Waals surface area contributed by atoms with Crippen LogP contribution < -0.4 is 5.73 Å². The fraction of sp³-hybridized carbons (Fsp3) is 0.800. The van der Waals surface area contributed by atoms with Crippen LogP contribution in [0.15, 0.2) is 0 Å². The minimum atomic E-state index is -0.623. The Kier molecular flexibility index (Phi) is 5.11. The van der Waals surface area contributed by atoms with Crippen LogP contribution in [0.1, 0.15) is 6.42 Å². The summed E-state index contributed by atoms with van der Waals surface area (Å²) in [6, 6.07) is -0.623. The van der Waals surface area contributed by atoms with Crippen molar-refractivity contribution in [3.05, 3.63) is 0 Å². The van der Waals surface area contributed by atoms with Gasteiger partial charge in [0.15, 0.2) is 0 Å². The van der Waals surface area contributed by atoms with E-state index >= 15 is 0 Å². The van der Waals surface area contributed by atoms with Crippen LogP contribution in [-0.2, 0) is 4.79 Å². The summed E-state index contributed by atoms with van der Waals surface area (Å²) >= 11 is 1.65. The van der Waals surface area contributed by atoms with E-state index in [1.165, 1.54) is 0 Å². The highest BCUT2D eigenvalue weighted by atomic mass is 32.2. The molecular weight excluding hydrogens is 122 g/mol. The first-order chi connectivity index (χ1) is 3.81. The standard InChI is InChI=1S/C5H9NOS/c1-8-3-2-5(6)4-7/h5-6H,2-3H2,1H3. The van der Waals surface area contributed by atoms with E-state index in [2.05, 4.69) is 0 Å². The molecule has 0 aromatic heterocycles. The highest BCUT2D eigenvalue weighted by Crippen LogP contribution is 1.96. The molecule has 1 unspecified atom stereocenters. The Labute approximate surface area is 53.8 Å². The largest absolute Gasteiger partial charge is 0.289 e. The van der Waals surface area contributed by atoms with Gasteiger partial charge in [-0.25, -0.2) is 5.73 Å². The maximum Gasteiger partial charge on any atom is 0.218 e. The summed E-state index contributed by atoms with van der Waals surface area (Å²) in [6.07, 6.45) is 4.19. The molecule has 1 atom stereocenters. The molecule has 0 saturated heterocycles. The lowest BCUT2D eigenvalue weighted by atomic mass is 10.3. The maximum atomic E-state index is 9.69. The van der Waals surface area contributed by atoms with Crippen molar-refractivity contribution < 1.29 is 4.79 Å². The quantitative estimate of drug-likeness (QED) is 0.557. The van der Waals surface area contributed by atoms with E-state index in [1.54, 1.807) is 18.0 Å². The topological polar surface area (TPSA) is 40.9 Å². The zero-order chi connectivity index (χ0) is 6.41. The fourth-order valence-corrected chi connectivity index (χ4v) is 0.766. The summed E-state index contributed by atoms with van der Waals surface area (Å²) in [7, 11) is 0. The van der Waals surface area contributed by atoms with Gasteiger partial charge in [-0.2, -0.15) is 11.8 Å². The van der Waals surface area contributed by atoms with Gasteiger partial charge in [0.25, 0.3) is 0 Å². The lowest BCUT2D eigenvalue weighted by Crippen LogP contribution is -2.10. The first kappa shape index (κ1) is 7.98. The van der Waals surface area contributed by atoms with Crippen molar-refractivity contribution in [1.82, 2.24) is 5.73 Å². The van der Waals surface area contributed by atoms with Crippen LogP contribution in [0, 0.1) is 0 Å². The van der Waals surface area contributed by atoms with Gasteiger partial charge in [-0.05, 0) is 18.4 Å². The van der Waals surface area contributed by atoms with Crippen LogP contribution in [0.3, 0.4) is 0 Å². The molecule has 8 heavy (non-hydrogen) atoms. The van der Waals surface area contributed by atoms with Crippen LogP contribution in [0.5, 0.6) is 0 Å². The number of thioether (sulfide) groups is 1. The molecule has 0 heterocycles. The van der Waals surface area contributed by atoms with Gasteiger partial charge in [0, 0.05) is 0 Å². The molecular formula is C5H9NOS. The third kappa shape index (κ3) is 4.15. The van der Waals surface area contributed by atoms with Crippen molar-refractivity contribution in [1.29, 1.82) is 0 Å². The highest BCUT2D eigenvalue weighted by molar-refractivity contribution is 7.98. The zero-order valence-electron chi connectivity index (χ0n) is 4.81. The molecule has 0 bridgehead atoms. The summed E-state index contributed by atoms with van der Waals surface area (Å²) in [4.78, 5) is 9.69. The lowest BCUT2D eigenvalue weighted by molar-refractivity contribution is 0.537. The molecule has 2 radical (unpaired) electrons. The van der Waals surface area contributed by atoms with Gasteiger partial charge in [-0.15, -0.1) is 0 Å². The summed E-state index contributed by atoms with van der Waals surface area (Å²) < 4.78 is 0. The van der Waals surface area contributed by atoms with E-state index < -0.39 is 6.04 Å². The molecule has 0 aliphatic rings. The second kappa shape index (κ2) is 5.12. The Morgan fingerprint density at radius 3 is 2.88 bits per heavy atom. The molecule has 0 saturated carbocycles. The fourth-order valence-electron chi connectivity index (χ4n) is 0.295. The van der Waals surface area contributed by atoms with E-state index in [1.807, 2.05) is 6.26 Å². The van der Waals surface area contributed by atoms with Crippen molar-refractivity contribution >= 4 is 18.0 Å². The zero-order valence-corrected chi connectivity index (χ0v) is 5.62. The van der Waals surface area contributed by atoms with E-state index in [9.17, 15) is 4.79 Å². The Morgan fingerprint density at radius 2 is 2.50 bits per heavy atom. The summed E-state index contributed by atoms with van der Waals surface area (Å²) in [5, 5.41) is 0. The van der Waals surface area contributed by atoms with Gasteiger partial charge in [-0.3, -0.25) is 4.79 Å². The average molecular weight is 131 g/mol. The summed E-state index contributed by atoms with van der Waals surface area (Å²) in [5.74, 6) is 0.878. The maximum absolute atomic E-state index is 9.69. The molecule has 0 aromatic rings. The predicted octanol–water partition coefficient (Wildman–Crippen LogP) is 0.501. The van der Waals surface area contributed by atoms with Crippen LogP contribution in [0.2, 0.25) is 0 Å². The van der Waals surface area contributed by atoms with E-state index in [0.29, 0.717) is 6.42 Å². The Balaban J connectivity index is 2.98. The highest BCUT2D eigenvalue weighted by Gasteiger charge is 1.98. The van der Waals surface area contributed by atoms with Crippen LogP contribution in [0.4, 0.5) is 0 Å². The lowest BCUT2D eigenvalue weighted by Gasteiger charge is -1.96. The van der Waals surface area contributed by atoms with Gasteiger partial charge >= 0.3 is 0 Å². The number of rotatable bonds is 4. The molecule has 0 aliphatic carbocycles. The average Bonchev–Trinajstić information content (AvgIpc) is 1.83. The first-order valence-corrected chi connectivity index (χ1v) is 3.78. The number of hydrogen-bond acceptors (Lipinski definition) is 2. The van der Waals surface area contributed by atoms with Crippen molar-refractivity contribution in [2.75, 3.05) is 12.0 Å². The van der Waals surface area contributed by atoms with E-state index in [-0.39, 0.29) is 0 Å². The second-order valence-electron chi connectivity index (χ2n) is 1.45. The molecule has 0 spiro atoms. The first-order valence-electron chi connectivity index (χ1n) is 2.39. The minimum absolute atomic E-state index is 0.623. The molecule has 0 aromatic carbocycles. The smallest absolute Gasteiger partial charge is 0.218 e. The van der Waals surface area contributed by atoms with Crippen LogP contribution in [0.25, 0.3) is 0 Å². The predicted molar refractivity (Wildman–Crippen MR) is 35.6 cm³/mol. The van der Waals surface area contributed by atoms with Crippen LogP contribution in [-0.4, -0.2) is 24.3 Å². The minimum Gasteiger partial charge on any atom is -0.289 e. The Bertz CT molecular complexity index is 67.4. The Hall–Kier alpha value is -0.0200. The molecule has 0 fully saturated rings. The van der Waals surface area contributed by atoms with Gasteiger partial charge in [0.2, 0.25) is 6.29 Å². The summed E-state index contributed by atoms with van der Waals surface area (Å²) in [5.41, 5.74) is 6.89. The van der Waals surface area contributed by atoms with Gasteiger partial charge in [0.1, 0.15) is 0 Å². The van der Waals surface area contributed by atoms with Crippen molar-refractivity contribution in [2.45, 2.75) is 12.5 Å². The van der Waals surface area contributed by atoms with E-state index in [0.717, 1.165) is 5.75 Å². The van der Waals surface area contributed by atoms with Crippen molar-refractivity contribution in [3.63, 3.8) is 0 Å². The van der Waals surface area contributed by atoms with Gasteiger partial charge in [-0.1, -0.05) is 0 Å². The SMILES string of the molecule is CSCCC([NH])[C]=O. The summed E-state index contributed by atoms with van der Waals surface area (Å²) in [6.45, 7) is 0. The molecule has 1 N–H and O–H groups in total. The molecule has 0 amide bonds.